The van der Waals surface area contributed by atoms with Crippen LogP contribution in [-0.4, -0.2) is 45.7 Å². The highest BCUT2D eigenvalue weighted by Crippen LogP contribution is 2.56. The van der Waals surface area contributed by atoms with E-state index in [2.05, 4.69) is 14.9 Å². The molecule has 28 heavy (non-hydrogen) atoms. The Labute approximate surface area is 158 Å². The first-order valence-electron chi connectivity index (χ1n) is 8.91. The fourth-order valence-corrected chi connectivity index (χ4v) is 4.07. The molecular weight excluding hydrogens is 379 g/mol. The molecule has 2 aliphatic rings. The number of amides is 1. The highest BCUT2D eigenvalue weighted by molar-refractivity contribution is 5.65. The van der Waals surface area contributed by atoms with Gasteiger partial charge in [0.15, 0.2) is 5.82 Å². The van der Waals surface area contributed by atoms with Crippen molar-refractivity contribution >= 4 is 6.09 Å². The minimum Gasteiger partial charge on any atom is -0.465 e. The van der Waals surface area contributed by atoms with Gasteiger partial charge in [-0.05, 0) is 55.4 Å². The molecule has 2 aromatic rings. The topological polar surface area (TPSA) is 88.7 Å². The molecule has 10 heteroatoms. The van der Waals surface area contributed by atoms with E-state index in [4.69, 9.17) is 9.63 Å². The van der Waals surface area contributed by atoms with Crippen LogP contribution in [0.4, 0.5) is 18.0 Å². The Bertz CT molecular complexity index is 850. The summed E-state index contributed by atoms with van der Waals surface area (Å²) in [6, 6.07) is 5.26. The van der Waals surface area contributed by atoms with Crippen LogP contribution in [0.5, 0.6) is 5.75 Å². The van der Waals surface area contributed by atoms with Crippen molar-refractivity contribution in [2.45, 2.75) is 38.0 Å². The predicted octanol–water partition coefficient (Wildman–Crippen LogP) is 4.27. The van der Waals surface area contributed by atoms with E-state index >= 15 is 0 Å². The van der Waals surface area contributed by atoms with Crippen LogP contribution in [0.2, 0.25) is 0 Å². The molecule has 2 heterocycles. The van der Waals surface area contributed by atoms with Gasteiger partial charge in [0.25, 0.3) is 5.89 Å². The maximum atomic E-state index is 12.2. The lowest BCUT2D eigenvalue weighted by Crippen LogP contribution is -2.47. The molecule has 1 aliphatic carbocycles. The number of ether oxygens (including phenoxy) is 1. The summed E-state index contributed by atoms with van der Waals surface area (Å²) in [7, 11) is 0. The Morgan fingerprint density at radius 2 is 1.86 bits per heavy atom. The van der Waals surface area contributed by atoms with Crippen molar-refractivity contribution in [3.8, 4) is 17.2 Å². The number of hydrogen-bond donors (Lipinski definition) is 1. The van der Waals surface area contributed by atoms with E-state index in [1.165, 1.54) is 29.2 Å². The van der Waals surface area contributed by atoms with E-state index in [1.807, 2.05) is 0 Å². The summed E-state index contributed by atoms with van der Waals surface area (Å²) in [5.74, 6) is 0.665. The Morgan fingerprint density at radius 1 is 1.21 bits per heavy atom. The molecule has 0 unspecified atom stereocenters. The first kappa shape index (κ1) is 18.6. The molecular formula is C18H18F3N3O4. The molecule has 1 saturated carbocycles. The number of nitrogens with zero attached hydrogens (tertiary/aromatic N) is 3. The molecule has 0 bridgehead atoms. The number of halogens is 3. The number of aromatic nitrogens is 2. The molecule has 1 spiro atoms. The minimum absolute atomic E-state index is 0.147. The largest absolute Gasteiger partial charge is 0.573 e. The summed E-state index contributed by atoms with van der Waals surface area (Å²) in [4.78, 5) is 16.8. The van der Waals surface area contributed by atoms with Crippen LogP contribution in [-0.2, 0) is 0 Å². The first-order valence-corrected chi connectivity index (χ1v) is 8.91. The van der Waals surface area contributed by atoms with Crippen LogP contribution in [0.15, 0.2) is 28.8 Å². The number of alkyl halides is 3. The Balaban J connectivity index is 1.36. The minimum atomic E-state index is -4.74. The van der Waals surface area contributed by atoms with E-state index in [0.717, 1.165) is 25.7 Å². The molecule has 1 amide bonds. The zero-order valence-corrected chi connectivity index (χ0v) is 14.8. The summed E-state index contributed by atoms with van der Waals surface area (Å²) < 4.78 is 45.8. The quantitative estimate of drug-likeness (QED) is 0.832. The number of likely N-dealkylation sites (tertiary alicyclic amines) is 1. The molecule has 0 radical (unpaired) electrons. The summed E-state index contributed by atoms with van der Waals surface area (Å²) in [5, 5.41) is 13.1. The molecule has 0 atom stereocenters. The Kier molecular flexibility index (Phi) is 4.43. The number of benzene rings is 1. The van der Waals surface area contributed by atoms with Crippen molar-refractivity contribution in [1.29, 1.82) is 0 Å². The highest BCUT2D eigenvalue weighted by Gasteiger charge is 2.48. The number of piperidine rings is 1. The van der Waals surface area contributed by atoms with Gasteiger partial charge in [-0.25, -0.2) is 4.79 Å². The van der Waals surface area contributed by atoms with Gasteiger partial charge in [-0.3, -0.25) is 0 Å². The third-order valence-corrected chi connectivity index (χ3v) is 5.60. The van der Waals surface area contributed by atoms with Gasteiger partial charge in [0.05, 0.1) is 0 Å². The van der Waals surface area contributed by atoms with Gasteiger partial charge < -0.3 is 19.3 Å². The van der Waals surface area contributed by atoms with Crippen molar-refractivity contribution in [2.24, 2.45) is 5.41 Å². The monoisotopic (exact) mass is 397 g/mol. The van der Waals surface area contributed by atoms with Gasteiger partial charge in [-0.2, -0.15) is 4.98 Å². The number of carbonyl (C=O) groups is 1. The first-order chi connectivity index (χ1) is 13.2. The highest BCUT2D eigenvalue weighted by atomic mass is 19.4. The van der Waals surface area contributed by atoms with Crippen molar-refractivity contribution < 1.29 is 32.3 Å². The summed E-state index contributed by atoms with van der Waals surface area (Å²) in [6.07, 6.45) is -2.17. The summed E-state index contributed by atoms with van der Waals surface area (Å²) >= 11 is 0. The van der Waals surface area contributed by atoms with Crippen molar-refractivity contribution in [1.82, 2.24) is 15.0 Å². The summed E-state index contributed by atoms with van der Waals surface area (Å²) in [6.45, 7) is 1.10. The normalized spacial score (nSPS) is 19.5. The van der Waals surface area contributed by atoms with Crippen LogP contribution in [0.1, 0.15) is 37.4 Å². The lowest BCUT2D eigenvalue weighted by Gasteiger charge is -2.50. The molecule has 1 aliphatic heterocycles. The van der Waals surface area contributed by atoms with Crippen molar-refractivity contribution in [3.05, 3.63) is 30.1 Å². The average molecular weight is 397 g/mol. The van der Waals surface area contributed by atoms with Crippen LogP contribution in [0, 0.1) is 5.41 Å². The molecule has 1 aromatic carbocycles. The fraction of sp³-hybridized carbons (Fsp3) is 0.500. The van der Waals surface area contributed by atoms with Gasteiger partial charge >= 0.3 is 12.5 Å². The van der Waals surface area contributed by atoms with Crippen molar-refractivity contribution in [2.75, 3.05) is 13.1 Å². The second-order valence-electron chi connectivity index (χ2n) is 7.40. The summed E-state index contributed by atoms with van der Waals surface area (Å²) in [5.41, 5.74) is 0.658. The Morgan fingerprint density at radius 3 is 2.43 bits per heavy atom. The molecule has 150 valence electrons. The smallest absolute Gasteiger partial charge is 0.465 e. The zero-order valence-electron chi connectivity index (χ0n) is 14.8. The third-order valence-electron chi connectivity index (χ3n) is 5.60. The second kappa shape index (κ2) is 6.68. The van der Waals surface area contributed by atoms with E-state index in [9.17, 15) is 18.0 Å². The maximum Gasteiger partial charge on any atom is 0.573 e. The number of rotatable bonds is 3. The standard InChI is InChI=1S/C18H18F3N3O4/c19-18(20,21)27-13-3-1-11(2-4-13)15-22-14(23-28-15)12-9-17(10-12)5-7-24(8-6-17)16(25)26/h1-4,12H,5-10H2,(H,25,26). The molecule has 4 rings (SSSR count). The van der Waals surface area contributed by atoms with Gasteiger partial charge in [-0.15, -0.1) is 13.2 Å². The molecule has 1 saturated heterocycles. The average Bonchev–Trinajstić information content (AvgIpc) is 3.08. The van der Waals surface area contributed by atoms with Crippen LogP contribution < -0.4 is 4.74 Å². The zero-order chi connectivity index (χ0) is 19.9. The maximum absolute atomic E-state index is 12.2. The van der Waals surface area contributed by atoms with Gasteiger partial charge in [0.1, 0.15) is 5.75 Å². The van der Waals surface area contributed by atoms with Crippen LogP contribution in [0.3, 0.4) is 0 Å². The number of carboxylic acid groups (broad SMARTS) is 1. The van der Waals surface area contributed by atoms with E-state index in [-0.39, 0.29) is 23.0 Å². The fourth-order valence-electron chi connectivity index (χ4n) is 4.07. The third kappa shape index (κ3) is 3.76. The van der Waals surface area contributed by atoms with Gasteiger partial charge in [0, 0.05) is 24.6 Å². The molecule has 1 N–H and O–H groups in total. The van der Waals surface area contributed by atoms with Crippen LogP contribution >= 0.6 is 0 Å². The lowest BCUT2D eigenvalue weighted by molar-refractivity contribution is -0.274. The second-order valence-corrected chi connectivity index (χ2v) is 7.40. The lowest BCUT2D eigenvalue weighted by atomic mass is 9.57. The SMILES string of the molecule is O=C(O)N1CCC2(CC1)CC(c1noc(-c3ccc(OC(F)(F)F)cc3)n1)C2. The van der Waals surface area contributed by atoms with E-state index < -0.39 is 12.5 Å². The van der Waals surface area contributed by atoms with Crippen molar-refractivity contribution in [3.63, 3.8) is 0 Å². The van der Waals surface area contributed by atoms with Gasteiger partial charge in [0.2, 0.25) is 0 Å². The Hall–Kier alpha value is -2.78. The van der Waals surface area contributed by atoms with E-state index in [0.29, 0.717) is 24.5 Å². The molecule has 2 fully saturated rings. The number of hydrogen-bond acceptors (Lipinski definition) is 5. The molecule has 7 nitrogen and oxygen atoms in total. The van der Waals surface area contributed by atoms with Crippen LogP contribution in [0.25, 0.3) is 11.5 Å². The predicted molar refractivity (Wildman–Crippen MR) is 89.7 cm³/mol. The van der Waals surface area contributed by atoms with E-state index in [1.54, 1.807) is 0 Å². The van der Waals surface area contributed by atoms with Gasteiger partial charge in [-0.1, -0.05) is 5.16 Å². The molecule has 1 aromatic heterocycles.